The van der Waals surface area contributed by atoms with Crippen molar-refractivity contribution in [3.05, 3.63) is 34.3 Å². The van der Waals surface area contributed by atoms with Crippen molar-refractivity contribution < 1.29 is 0 Å². The van der Waals surface area contributed by atoms with Gasteiger partial charge < -0.3 is 10.2 Å². The van der Waals surface area contributed by atoms with E-state index in [1.807, 2.05) is 0 Å². The molecule has 1 atom stereocenters. The largest absolute Gasteiger partial charge is 0.311 e. The van der Waals surface area contributed by atoms with Crippen LogP contribution in [0.15, 0.2) is 28.7 Å². The Morgan fingerprint density at radius 3 is 2.56 bits per heavy atom. The number of rotatable bonds is 7. The molecule has 0 saturated heterocycles. The third-order valence-electron chi connectivity index (χ3n) is 3.07. The van der Waals surface area contributed by atoms with Crippen molar-refractivity contribution >= 4 is 15.9 Å². The molecule has 0 saturated carbocycles. The smallest absolute Gasteiger partial charge is 0.0217 e. The van der Waals surface area contributed by atoms with Gasteiger partial charge in [-0.05, 0) is 44.1 Å². The highest BCUT2D eigenvalue weighted by atomic mass is 79.9. The van der Waals surface area contributed by atoms with E-state index in [1.54, 1.807) is 0 Å². The zero-order valence-corrected chi connectivity index (χ0v) is 13.5. The van der Waals surface area contributed by atoms with E-state index < -0.39 is 0 Å². The van der Waals surface area contributed by atoms with Gasteiger partial charge in [-0.25, -0.2) is 0 Å². The van der Waals surface area contributed by atoms with E-state index >= 15 is 0 Å². The lowest BCUT2D eigenvalue weighted by atomic mass is 10.0. The quantitative estimate of drug-likeness (QED) is 0.828. The van der Waals surface area contributed by atoms with Crippen LogP contribution < -0.4 is 5.32 Å². The third-order valence-corrected chi connectivity index (χ3v) is 3.57. The van der Waals surface area contributed by atoms with Gasteiger partial charge in [-0.2, -0.15) is 0 Å². The molecule has 2 nitrogen and oxygen atoms in total. The van der Waals surface area contributed by atoms with E-state index in [-0.39, 0.29) is 0 Å². The van der Waals surface area contributed by atoms with Crippen molar-refractivity contribution in [1.29, 1.82) is 0 Å². The standard InChI is InChI=1S/C15H25BrN2/c1-12(2)8-15(18(3)4)11-17-10-13-6-5-7-14(16)9-13/h5-7,9,12,15,17H,8,10-11H2,1-4H3. The van der Waals surface area contributed by atoms with Gasteiger partial charge in [-0.15, -0.1) is 0 Å². The van der Waals surface area contributed by atoms with Crippen LogP contribution in [-0.2, 0) is 6.54 Å². The molecule has 0 aliphatic rings. The van der Waals surface area contributed by atoms with Gasteiger partial charge in [0.15, 0.2) is 0 Å². The number of likely N-dealkylation sites (N-methyl/N-ethyl adjacent to an activating group) is 1. The lowest BCUT2D eigenvalue weighted by molar-refractivity contribution is 0.246. The molecule has 0 aliphatic heterocycles. The van der Waals surface area contributed by atoms with Crippen molar-refractivity contribution in [2.24, 2.45) is 5.92 Å². The Labute approximate surface area is 120 Å². The second-order valence-corrected chi connectivity index (χ2v) is 6.42. The molecule has 0 aliphatic carbocycles. The fourth-order valence-corrected chi connectivity index (χ4v) is 2.50. The molecule has 0 radical (unpaired) electrons. The van der Waals surface area contributed by atoms with Crippen LogP contribution in [0.4, 0.5) is 0 Å². The Kier molecular flexibility index (Phi) is 6.90. The van der Waals surface area contributed by atoms with Gasteiger partial charge in [-0.1, -0.05) is 41.9 Å². The maximum atomic E-state index is 3.55. The van der Waals surface area contributed by atoms with Crippen LogP contribution >= 0.6 is 15.9 Å². The highest BCUT2D eigenvalue weighted by Crippen LogP contribution is 2.12. The number of hydrogen-bond donors (Lipinski definition) is 1. The number of benzene rings is 1. The first-order valence-corrected chi connectivity index (χ1v) is 7.40. The second-order valence-electron chi connectivity index (χ2n) is 5.51. The minimum absolute atomic E-state index is 0.608. The van der Waals surface area contributed by atoms with E-state index in [4.69, 9.17) is 0 Å². The van der Waals surface area contributed by atoms with E-state index in [2.05, 4.69) is 78.4 Å². The third kappa shape index (κ3) is 5.98. The molecule has 102 valence electrons. The van der Waals surface area contributed by atoms with Crippen molar-refractivity contribution in [1.82, 2.24) is 10.2 Å². The highest BCUT2D eigenvalue weighted by Gasteiger charge is 2.12. The van der Waals surface area contributed by atoms with E-state index in [9.17, 15) is 0 Å². The molecule has 0 spiro atoms. The maximum Gasteiger partial charge on any atom is 0.0217 e. The van der Waals surface area contributed by atoms with Gasteiger partial charge in [0.2, 0.25) is 0 Å². The minimum Gasteiger partial charge on any atom is -0.311 e. The van der Waals surface area contributed by atoms with Crippen LogP contribution in [0, 0.1) is 5.92 Å². The van der Waals surface area contributed by atoms with Crippen molar-refractivity contribution in [3.63, 3.8) is 0 Å². The Morgan fingerprint density at radius 1 is 1.28 bits per heavy atom. The summed E-state index contributed by atoms with van der Waals surface area (Å²) in [5, 5.41) is 3.55. The molecule has 1 rings (SSSR count). The number of hydrogen-bond acceptors (Lipinski definition) is 2. The fraction of sp³-hybridized carbons (Fsp3) is 0.600. The Bertz CT molecular complexity index is 350. The molecular weight excluding hydrogens is 288 g/mol. The number of nitrogens with zero attached hydrogens (tertiary/aromatic N) is 1. The molecule has 3 heteroatoms. The zero-order chi connectivity index (χ0) is 13.5. The summed E-state index contributed by atoms with van der Waals surface area (Å²) in [7, 11) is 4.32. The van der Waals surface area contributed by atoms with Crippen molar-refractivity contribution in [2.75, 3.05) is 20.6 Å². The summed E-state index contributed by atoms with van der Waals surface area (Å²) in [6.07, 6.45) is 1.23. The molecular formula is C15H25BrN2. The molecule has 0 heterocycles. The van der Waals surface area contributed by atoms with E-state index in [1.165, 1.54) is 12.0 Å². The number of nitrogens with one attached hydrogen (secondary N) is 1. The van der Waals surface area contributed by atoms with E-state index in [0.717, 1.165) is 23.5 Å². The van der Waals surface area contributed by atoms with E-state index in [0.29, 0.717) is 6.04 Å². The van der Waals surface area contributed by atoms with Gasteiger partial charge in [0, 0.05) is 23.6 Å². The molecule has 0 aromatic heterocycles. The lowest BCUT2D eigenvalue weighted by Gasteiger charge is -2.26. The molecule has 1 aromatic rings. The van der Waals surface area contributed by atoms with Crippen LogP contribution in [-0.4, -0.2) is 31.6 Å². The monoisotopic (exact) mass is 312 g/mol. The van der Waals surface area contributed by atoms with Crippen LogP contribution in [0.25, 0.3) is 0 Å². The highest BCUT2D eigenvalue weighted by molar-refractivity contribution is 9.10. The molecule has 18 heavy (non-hydrogen) atoms. The summed E-state index contributed by atoms with van der Waals surface area (Å²) in [5.41, 5.74) is 1.33. The molecule has 0 fully saturated rings. The topological polar surface area (TPSA) is 15.3 Å². The predicted octanol–water partition coefficient (Wildman–Crippen LogP) is 3.52. The first-order valence-electron chi connectivity index (χ1n) is 6.60. The minimum atomic E-state index is 0.608. The maximum absolute atomic E-state index is 3.55. The Hall–Kier alpha value is -0.380. The molecule has 1 unspecified atom stereocenters. The SMILES string of the molecule is CC(C)CC(CNCc1cccc(Br)c1)N(C)C. The average molecular weight is 313 g/mol. The molecule has 0 amide bonds. The summed E-state index contributed by atoms with van der Waals surface area (Å²) < 4.78 is 1.15. The predicted molar refractivity (Wildman–Crippen MR) is 82.8 cm³/mol. The van der Waals surface area contributed by atoms with Crippen LogP contribution in [0.2, 0.25) is 0 Å². The fourth-order valence-electron chi connectivity index (χ4n) is 2.05. The lowest BCUT2D eigenvalue weighted by Crippen LogP contribution is -2.38. The van der Waals surface area contributed by atoms with Gasteiger partial charge in [0.25, 0.3) is 0 Å². The van der Waals surface area contributed by atoms with Crippen molar-refractivity contribution in [2.45, 2.75) is 32.9 Å². The van der Waals surface area contributed by atoms with Gasteiger partial charge >= 0.3 is 0 Å². The summed E-state index contributed by atoms with van der Waals surface area (Å²) in [5.74, 6) is 0.741. The first kappa shape index (κ1) is 15.7. The van der Waals surface area contributed by atoms with Gasteiger partial charge in [-0.3, -0.25) is 0 Å². The molecule has 1 aromatic carbocycles. The number of halogens is 1. The Balaban J connectivity index is 2.39. The zero-order valence-electron chi connectivity index (χ0n) is 11.9. The first-order chi connectivity index (χ1) is 8.49. The summed E-state index contributed by atoms with van der Waals surface area (Å²) in [4.78, 5) is 2.31. The van der Waals surface area contributed by atoms with Gasteiger partial charge in [0.1, 0.15) is 0 Å². The van der Waals surface area contributed by atoms with Crippen LogP contribution in [0.5, 0.6) is 0 Å². The molecule has 0 bridgehead atoms. The Morgan fingerprint density at radius 2 is 2.00 bits per heavy atom. The van der Waals surface area contributed by atoms with Crippen molar-refractivity contribution in [3.8, 4) is 0 Å². The average Bonchev–Trinajstić information content (AvgIpc) is 2.27. The van der Waals surface area contributed by atoms with Crippen LogP contribution in [0.3, 0.4) is 0 Å². The second kappa shape index (κ2) is 7.93. The summed E-state index contributed by atoms with van der Waals surface area (Å²) >= 11 is 3.50. The molecule has 1 N–H and O–H groups in total. The normalized spacial score (nSPS) is 13.3. The van der Waals surface area contributed by atoms with Crippen LogP contribution in [0.1, 0.15) is 25.8 Å². The summed E-state index contributed by atoms with van der Waals surface area (Å²) in [6.45, 7) is 6.54. The summed E-state index contributed by atoms with van der Waals surface area (Å²) in [6, 6.07) is 9.08. The van der Waals surface area contributed by atoms with Gasteiger partial charge in [0.05, 0.1) is 0 Å².